The number of anilines is 2. The van der Waals surface area contributed by atoms with Crippen molar-refractivity contribution < 1.29 is 24.0 Å². The summed E-state index contributed by atoms with van der Waals surface area (Å²) in [4.78, 5) is 48.4. The van der Waals surface area contributed by atoms with Crippen LogP contribution < -0.4 is 10.2 Å². The molecule has 0 saturated carbocycles. The number of esters is 1. The number of hydrogen-bond acceptors (Lipinski definition) is 6. The number of amides is 2. The minimum Gasteiger partial charge on any atom is -0.452 e. The number of nitro benzene ring substituents is 1. The maximum atomic E-state index is 12.5. The molecule has 1 fully saturated rings. The van der Waals surface area contributed by atoms with Crippen LogP contribution in [0.4, 0.5) is 17.1 Å². The molecule has 1 aliphatic rings. The standard InChI is InChI=1S/C19H15Cl2N3O6/c20-11-3-5-13(16(8-11)23-7-1-2-18(23)26)19(27)30-10-17(25)22-15-9-12(24(28)29)4-6-14(15)21/h3-6,8-9H,1-2,7,10H2,(H,22,25). The first-order valence-electron chi connectivity index (χ1n) is 8.77. The number of non-ortho nitro benzene ring substituents is 1. The van der Waals surface area contributed by atoms with Crippen LogP contribution in [0.5, 0.6) is 0 Å². The second-order valence-corrected chi connectivity index (χ2v) is 7.20. The van der Waals surface area contributed by atoms with E-state index in [-0.39, 0.29) is 27.9 Å². The number of nitrogens with one attached hydrogen (secondary N) is 1. The fraction of sp³-hybridized carbons (Fsp3) is 0.211. The van der Waals surface area contributed by atoms with Crippen molar-refractivity contribution in [3.05, 3.63) is 62.1 Å². The Balaban J connectivity index is 1.69. The summed E-state index contributed by atoms with van der Waals surface area (Å²) in [6, 6.07) is 7.95. The summed E-state index contributed by atoms with van der Waals surface area (Å²) in [5.41, 5.74) is 0.169. The van der Waals surface area contributed by atoms with Crippen molar-refractivity contribution >= 4 is 58.0 Å². The largest absolute Gasteiger partial charge is 0.452 e. The third kappa shape index (κ3) is 4.87. The molecule has 1 saturated heterocycles. The molecule has 0 bridgehead atoms. The van der Waals surface area contributed by atoms with Crippen LogP contribution >= 0.6 is 23.2 Å². The van der Waals surface area contributed by atoms with Crippen LogP contribution in [0.2, 0.25) is 10.0 Å². The maximum absolute atomic E-state index is 12.5. The van der Waals surface area contributed by atoms with Gasteiger partial charge in [0.15, 0.2) is 6.61 Å². The Kier molecular flexibility index (Phi) is 6.53. The van der Waals surface area contributed by atoms with Crippen LogP contribution in [0.25, 0.3) is 0 Å². The molecule has 0 aromatic heterocycles. The second-order valence-electron chi connectivity index (χ2n) is 6.36. The average Bonchev–Trinajstić information content (AvgIpc) is 3.13. The summed E-state index contributed by atoms with van der Waals surface area (Å²) < 4.78 is 5.05. The van der Waals surface area contributed by atoms with E-state index in [1.165, 1.54) is 35.2 Å². The molecule has 1 aliphatic heterocycles. The molecule has 2 amide bonds. The van der Waals surface area contributed by atoms with E-state index < -0.39 is 23.4 Å². The topological polar surface area (TPSA) is 119 Å². The van der Waals surface area contributed by atoms with E-state index in [4.69, 9.17) is 27.9 Å². The average molecular weight is 452 g/mol. The van der Waals surface area contributed by atoms with Crippen molar-refractivity contribution in [1.82, 2.24) is 0 Å². The molecule has 3 rings (SSSR count). The minimum absolute atomic E-state index is 0.0155. The molecule has 1 heterocycles. The van der Waals surface area contributed by atoms with Crippen molar-refractivity contribution in [3.63, 3.8) is 0 Å². The van der Waals surface area contributed by atoms with Gasteiger partial charge in [0.25, 0.3) is 11.6 Å². The molecule has 2 aromatic rings. The second kappa shape index (κ2) is 9.10. The van der Waals surface area contributed by atoms with Gasteiger partial charge in [-0.3, -0.25) is 19.7 Å². The Hall–Kier alpha value is -3.17. The molecule has 30 heavy (non-hydrogen) atoms. The predicted molar refractivity (Wildman–Crippen MR) is 110 cm³/mol. The molecule has 2 aromatic carbocycles. The molecule has 0 aliphatic carbocycles. The first-order valence-corrected chi connectivity index (χ1v) is 9.52. The van der Waals surface area contributed by atoms with E-state index in [1.54, 1.807) is 0 Å². The number of hydrogen-bond donors (Lipinski definition) is 1. The van der Waals surface area contributed by atoms with Gasteiger partial charge < -0.3 is 15.0 Å². The van der Waals surface area contributed by atoms with Crippen LogP contribution in [0.15, 0.2) is 36.4 Å². The highest BCUT2D eigenvalue weighted by Gasteiger charge is 2.27. The van der Waals surface area contributed by atoms with E-state index in [0.29, 0.717) is 30.1 Å². The number of rotatable bonds is 6. The Labute approximate surface area is 180 Å². The van der Waals surface area contributed by atoms with Crippen LogP contribution in [0.3, 0.4) is 0 Å². The zero-order valence-electron chi connectivity index (χ0n) is 15.4. The summed E-state index contributed by atoms with van der Waals surface area (Å²) in [7, 11) is 0. The van der Waals surface area contributed by atoms with Gasteiger partial charge in [0, 0.05) is 30.1 Å². The highest BCUT2D eigenvalue weighted by atomic mass is 35.5. The molecule has 0 atom stereocenters. The van der Waals surface area contributed by atoms with Crippen molar-refractivity contribution in [2.45, 2.75) is 12.8 Å². The van der Waals surface area contributed by atoms with Gasteiger partial charge in [0.2, 0.25) is 5.91 Å². The van der Waals surface area contributed by atoms with Gasteiger partial charge >= 0.3 is 5.97 Å². The Morgan fingerprint density at radius 3 is 2.63 bits per heavy atom. The zero-order chi connectivity index (χ0) is 21.8. The number of carbonyl (C=O) groups is 3. The van der Waals surface area contributed by atoms with Crippen LogP contribution in [-0.2, 0) is 14.3 Å². The number of nitro groups is 1. The molecule has 0 unspecified atom stereocenters. The van der Waals surface area contributed by atoms with Crippen molar-refractivity contribution in [3.8, 4) is 0 Å². The number of carbonyl (C=O) groups excluding carboxylic acids is 3. The molecule has 11 heteroatoms. The van der Waals surface area contributed by atoms with E-state index >= 15 is 0 Å². The van der Waals surface area contributed by atoms with E-state index in [2.05, 4.69) is 5.32 Å². The van der Waals surface area contributed by atoms with Gasteiger partial charge in [-0.25, -0.2) is 4.79 Å². The fourth-order valence-electron chi connectivity index (χ4n) is 2.92. The predicted octanol–water partition coefficient (Wildman–Crippen LogP) is 3.82. The van der Waals surface area contributed by atoms with Gasteiger partial charge in [0.1, 0.15) is 0 Å². The SMILES string of the molecule is O=C(COC(=O)c1ccc(Cl)cc1N1CCCC1=O)Nc1cc([N+](=O)[O-])ccc1Cl. The van der Waals surface area contributed by atoms with E-state index in [9.17, 15) is 24.5 Å². The van der Waals surface area contributed by atoms with E-state index in [1.807, 2.05) is 0 Å². The highest BCUT2D eigenvalue weighted by molar-refractivity contribution is 6.33. The summed E-state index contributed by atoms with van der Waals surface area (Å²) in [5, 5.41) is 13.7. The lowest BCUT2D eigenvalue weighted by atomic mass is 10.1. The van der Waals surface area contributed by atoms with Crippen molar-refractivity contribution in [1.29, 1.82) is 0 Å². The van der Waals surface area contributed by atoms with Gasteiger partial charge in [-0.05, 0) is 30.7 Å². The highest BCUT2D eigenvalue weighted by Crippen LogP contribution is 2.29. The van der Waals surface area contributed by atoms with Crippen LogP contribution in [0.1, 0.15) is 23.2 Å². The van der Waals surface area contributed by atoms with Gasteiger partial charge in [-0.1, -0.05) is 23.2 Å². The maximum Gasteiger partial charge on any atom is 0.340 e. The lowest BCUT2D eigenvalue weighted by Gasteiger charge is -2.19. The lowest BCUT2D eigenvalue weighted by Crippen LogP contribution is -2.27. The first-order chi connectivity index (χ1) is 14.3. The van der Waals surface area contributed by atoms with Crippen molar-refractivity contribution in [2.24, 2.45) is 0 Å². The number of benzene rings is 2. The normalized spacial score (nSPS) is 13.3. The molecular weight excluding hydrogens is 437 g/mol. The van der Waals surface area contributed by atoms with Crippen LogP contribution in [0, 0.1) is 10.1 Å². The number of nitrogens with zero attached hydrogens (tertiary/aromatic N) is 2. The fourth-order valence-corrected chi connectivity index (χ4v) is 3.25. The van der Waals surface area contributed by atoms with Gasteiger partial charge in [-0.15, -0.1) is 0 Å². The van der Waals surface area contributed by atoms with Gasteiger partial charge in [-0.2, -0.15) is 0 Å². The summed E-state index contributed by atoms with van der Waals surface area (Å²) >= 11 is 11.9. The number of ether oxygens (including phenoxy) is 1. The Bertz CT molecular complexity index is 1040. The third-order valence-corrected chi connectivity index (χ3v) is 4.88. The first kappa shape index (κ1) is 21.5. The summed E-state index contributed by atoms with van der Waals surface area (Å²) in [6.45, 7) is -0.209. The summed E-state index contributed by atoms with van der Waals surface area (Å²) in [5.74, 6) is -1.69. The lowest BCUT2D eigenvalue weighted by molar-refractivity contribution is -0.384. The quantitative estimate of drug-likeness (QED) is 0.404. The minimum atomic E-state index is -0.818. The monoisotopic (exact) mass is 451 g/mol. The molecule has 156 valence electrons. The zero-order valence-corrected chi connectivity index (χ0v) is 16.9. The number of halogens is 2. The Morgan fingerprint density at radius 2 is 1.97 bits per heavy atom. The molecule has 0 radical (unpaired) electrons. The molecule has 0 spiro atoms. The molecule has 9 nitrogen and oxygen atoms in total. The van der Waals surface area contributed by atoms with E-state index in [0.717, 1.165) is 6.07 Å². The van der Waals surface area contributed by atoms with Crippen LogP contribution in [-0.4, -0.2) is 35.9 Å². The third-order valence-electron chi connectivity index (χ3n) is 4.31. The van der Waals surface area contributed by atoms with Crippen molar-refractivity contribution in [2.75, 3.05) is 23.4 Å². The smallest absolute Gasteiger partial charge is 0.340 e. The molecular formula is C19H15Cl2N3O6. The summed E-state index contributed by atoms with van der Waals surface area (Å²) in [6.07, 6.45) is 1.03. The molecule has 1 N–H and O–H groups in total. The Morgan fingerprint density at radius 1 is 1.20 bits per heavy atom. The van der Waals surface area contributed by atoms with Gasteiger partial charge in [0.05, 0.1) is 26.9 Å².